The fourth-order valence-electron chi connectivity index (χ4n) is 3.86. The summed E-state index contributed by atoms with van der Waals surface area (Å²) in [6, 6.07) is 15.3. The van der Waals surface area contributed by atoms with Gasteiger partial charge in [0.05, 0.1) is 12.3 Å². The molecule has 6 heteroatoms. The molecule has 0 N–H and O–H groups in total. The highest BCUT2D eigenvalue weighted by atomic mass is 19.1. The van der Waals surface area contributed by atoms with E-state index in [9.17, 15) is 4.39 Å². The summed E-state index contributed by atoms with van der Waals surface area (Å²) in [5, 5.41) is 2.24. The van der Waals surface area contributed by atoms with Crippen LogP contribution in [0, 0.1) is 5.82 Å². The molecule has 158 valence electrons. The summed E-state index contributed by atoms with van der Waals surface area (Å²) < 4.78 is 25.0. The third kappa shape index (κ3) is 4.40. The van der Waals surface area contributed by atoms with Crippen LogP contribution in [0.3, 0.4) is 0 Å². The highest BCUT2D eigenvalue weighted by Crippen LogP contribution is 2.32. The zero-order chi connectivity index (χ0) is 20.9. The first kappa shape index (κ1) is 20.6. The standard InChI is InChI=1S/C24H28FN3O2/c1-3-27-10-12-28(13-11-27)24-20-7-5-4-6-18(20)17-22(26-24)19-8-9-23(21(25)16-19)30-15-14-29-2/h4-9,16-17H,3,10-15H2,1-2H3. The fourth-order valence-corrected chi connectivity index (χ4v) is 3.86. The molecule has 3 aromatic rings. The second-order valence-corrected chi connectivity index (χ2v) is 7.46. The van der Waals surface area contributed by atoms with E-state index in [1.54, 1.807) is 13.2 Å². The number of hydrogen-bond acceptors (Lipinski definition) is 5. The maximum atomic E-state index is 14.6. The number of aromatic nitrogens is 1. The van der Waals surface area contributed by atoms with E-state index in [4.69, 9.17) is 14.5 Å². The number of likely N-dealkylation sites (N-methyl/N-ethyl adjacent to an activating group) is 1. The monoisotopic (exact) mass is 409 g/mol. The SMILES string of the molecule is CCN1CCN(c2nc(-c3ccc(OCCOC)c(F)c3)cc3ccccc23)CC1. The number of nitrogens with zero attached hydrogens (tertiary/aromatic N) is 3. The van der Waals surface area contributed by atoms with Crippen molar-refractivity contribution in [1.29, 1.82) is 0 Å². The molecule has 0 spiro atoms. The smallest absolute Gasteiger partial charge is 0.165 e. The van der Waals surface area contributed by atoms with Gasteiger partial charge >= 0.3 is 0 Å². The topological polar surface area (TPSA) is 37.8 Å². The molecule has 1 aliphatic heterocycles. The lowest BCUT2D eigenvalue weighted by molar-refractivity contribution is 0.144. The Morgan fingerprint density at radius 1 is 1.00 bits per heavy atom. The van der Waals surface area contributed by atoms with Gasteiger partial charge < -0.3 is 19.3 Å². The van der Waals surface area contributed by atoms with Gasteiger partial charge in [-0.3, -0.25) is 0 Å². The van der Waals surface area contributed by atoms with Crippen LogP contribution < -0.4 is 9.64 Å². The van der Waals surface area contributed by atoms with Crippen LogP contribution in [0.4, 0.5) is 10.2 Å². The summed E-state index contributed by atoms with van der Waals surface area (Å²) in [5.74, 6) is 0.809. The predicted octanol–water partition coefficient (Wildman–Crippen LogP) is 4.21. The maximum absolute atomic E-state index is 14.6. The highest BCUT2D eigenvalue weighted by Gasteiger charge is 2.20. The van der Waals surface area contributed by atoms with E-state index in [0.717, 1.165) is 60.6 Å². The Bertz CT molecular complexity index is 1000. The quantitative estimate of drug-likeness (QED) is 0.547. The first-order valence-corrected chi connectivity index (χ1v) is 10.5. The van der Waals surface area contributed by atoms with Gasteiger partial charge in [0.15, 0.2) is 11.6 Å². The van der Waals surface area contributed by atoms with Crippen molar-refractivity contribution in [1.82, 2.24) is 9.88 Å². The minimum absolute atomic E-state index is 0.229. The number of halogens is 1. The molecule has 0 saturated carbocycles. The number of methoxy groups -OCH3 is 1. The van der Waals surface area contributed by atoms with Crippen LogP contribution in [0.15, 0.2) is 48.5 Å². The van der Waals surface area contributed by atoms with Crippen molar-refractivity contribution in [3.05, 3.63) is 54.3 Å². The van der Waals surface area contributed by atoms with E-state index in [2.05, 4.69) is 28.9 Å². The summed E-state index contributed by atoms with van der Waals surface area (Å²) >= 11 is 0. The van der Waals surface area contributed by atoms with Crippen molar-refractivity contribution < 1.29 is 13.9 Å². The van der Waals surface area contributed by atoms with Crippen LogP contribution in [0.2, 0.25) is 0 Å². The minimum atomic E-state index is -0.392. The summed E-state index contributed by atoms with van der Waals surface area (Å²) in [6.07, 6.45) is 0. The summed E-state index contributed by atoms with van der Waals surface area (Å²) in [6.45, 7) is 7.93. The molecule has 0 radical (unpaired) electrons. The molecule has 1 saturated heterocycles. The first-order valence-electron chi connectivity index (χ1n) is 10.5. The Balaban J connectivity index is 1.67. The lowest BCUT2D eigenvalue weighted by atomic mass is 10.1. The number of hydrogen-bond donors (Lipinski definition) is 0. The Hall–Kier alpha value is -2.70. The third-order valence-electron chi connectivity index (χ3n) is 5.61. The van der Waals surface area contributed by atoms with Crippen LogP contribution in [0.25, 0.3) is 22.0 Å². The lowest BCUT2D eigenvalue weighted by Crippen LogP contribution is -2.46. The van der Waals surface area contributed by atoms with Gasteiger partial charge in [-0.15, -0.1) is 0 Å². The van der Waals surface area contributed by atoms with E-state index >= 15 is 0 Å². The second kappa shape index (κ2) is 9.41. The summed E-state index contributed by atoms with van der Waals surface area (Å²) in [7, 11) is 1.59. The third-order valence-corrected chi connectivity index (χ3v) is 5.61. The molecule has 0 unspecified atom stereocenters. The van der Waals surface area contributed by atoms with Gasteiger partial charge in [0.1, 0.15) is 12.4 Å². The predicted molar refractivity (Wildman–Crippen MR) is 119 cm³/mol. The van der Waals surface area contributed by atoms with Gasteiger partial charge in [0.25, 0.3) is 0 Å². The number of rotatable bonds is 7. The molecule has 1 aromatic heterocycles. The van der Waals surface area contributed by atoms with E-state index < -0.39 is 5.82 Å². The van der Waals surface area contributed by atoms with Crippen LogP contribution in [0.1, 0.15) is 6.92 Å². The van der Waals surface area contributed by atoms with Crippen molar-refractivity contribution in [2.24, 2.45) is 0 Å². The maximum Gasteiger partial charge on any atom is 0.165 e. The number of fused-ring (bicyclic) bond motifs is 1. The average Bonchev–Trinajstić information content (AvgIpc) is 2.79. The first-order chi connectivity index (χ1) is 14.7. The van der Waals surface area contributed by atoms with Crippen molar-refractivity contribution in [2.45, 2.75) is 6.92 Å². The molecular formula is C24H28FN3O2. The van der Waals surface area contributed by atoms with Crippen molar-refractivity contribution >= 4 is 16.6 Å². The molecular weight excluding hydrogens is 381 g/mol. The molecule has 0 bridgehead atoms. The Kier molecular flexibility index (Phi) is 6.45. The van der Waals surface area contributed by atoms with Gasteiger partial charge in [0.2, 0.25) is 0 Å². The van der Waals surface area contributed by atoms with E-state index in [0.29, 0.717) is 13.2 Å². The minimum Gasteiger partial charge on any atom is -0.488 e. The molecule has 0 atom stereocenters. The molecule has 1 fully saturated rings. The van der Waals surface area contributed by atoms with Gasteiger partial charge in [-0.05, 0) is 36.2 Å². The molecule has 0 amide bonds. The zero-order valence-corrected chi connectivity index (χ0v) is 17.6. The van der Waals surface area contributed by atoms with Crippen LogP contribution in [-0.2, 0) is 4.74 Å². The summed E-state index contributed by atoms with van der Waals surface area (Å²) in [4.78, 5) is 9.76. The number of benzene rings is 2. The van der Waals surface area contributed by atoms with Gasteiger partial charge in [0, 0.05) is 44.2 Å². The second-order valence-electron chi connectivity index (χ2n) is 7.46. The molecule has 30 heavy (non-hydrogen) atoms. The van der Waals surface area contributed by atoms with Gasteiger partial charge in [-0.2, -0.15) is 0 Å². The van der Waals surface area contributed by atoms with Gasteiger partial charge in [-0.25, -0.2) is 9.37 Å². The summed E-state index contributed by atoms with van der Waals surface area (Å²) in [5.41, 5.74) is 1.51. The normalized spacial score (nSPS) is 15.0. The molecule has 4 rings (SSSR count). The van der Waals surface area contributed by atoms with Gasteiger partial charge in [-0.1, -0.05) is 31.2 Å². The molecule has 2 aromatic carbocycles. The average molecular weight is 410 g/mol. The number of pyridine rings is 1. The Morgan fingerprint density at radius 2 is 1.80 bits per heavy atom. The molecule has 1 aliphatic rings. The zero-order valence-electron chi connectivity index (χ0n) is 17.6. The highest BCUT2D eigenvalue weighted by molar-refractivity contribution is 5.95. The molecule has 5 nitrogen and oxygen atoms in total. The molecule has 2 heterocycles. The van der Waals surface area contributed by atoms with Crippen LogP contribution >= 0.6 is 0 Å². The van der Waals surface area contributed by atoms with Crippen LogP contribution in [-0.4, -0.2) is 62.9 Å². The van der Waals surface area contributed by atoms with Crippen molar-refractivity contribution in [3.63, 3.8) is 0 Å². The van der Waals surface area contributed by atoms with E-state index in [1.165, 1.54) is 6.07 Å². The largest absolute Gasteiger partial charge is 0.488 e. The Labute approximate surface area is 177 Å². The number of piperazine rings is 1. The van der Waals surface area contributed by atoms with Crippen LogP contribution in [0.5, 0.6) is 5.75 Å². The van der Waals surface area contributed by atoms with E-state index in [-0.39, 0.29) is 5.75 Å². The lowest BCUT2D eigenvalue weighted by Gasteiger charge is -2.35. The van der Waals surface area contributed by atoms with E-state index in [1.807, 2.05) is 24.3 Å². The van der Waals surface area contributed by atoms with Crippen molar-refractivity contribution in [2.75, 3.05) is 57.9 Å². The molecule has 0 aliphatic carbocycles. The Morgan fingerprint density at radius 3 is 2.53 bits per heavy atom. The number of ether oxygens (including phenoxy) is 2. The van der Waals surface area contributed by atoms with Crippen molar-refractivity contribution in [3.8, 4) is 17.0 Å². The fraction of sp³-hybridized carbons (Fsp3) is 0.375. The number of anilines is 1.